The summed E-state index contributed by atoms with van der Waals surface area (Å²) in [5, 5.41) is 2.98. The molecule has 0 aliphatic carbocycles. The molecule has 2 aromatic carbocycles. The average molecular weight is 411 g/mol. The second-order valence-electron chi connectivity index (χ2n) is 8.00. The van der Waals surface area contributed by atoms with Gasteiger partial charge in [0.25, 0.3) is 5.91 Å². The maximum Gasteiger partial charge on any atom is 0.261 e. The van der Waals surface area contributed by atoms with Crippen molar-refractivity contribution in [2.75, 3.05) is 6.61 Å². The first-order chi connectivity index (χ1) is 14.2. The van der Waals surface area contributed by atoms with E-state index >= 15 is 0 Å². The van der Waals surface area contributed by atoms with E-state index in [1.54, 1.807) is 11.8 Å². The van der Waals surface area contributed by atoms with Crippen LogP contribution in [0.15, 0.2) is 42.5 Å². The molecule has 0 aliphatic rings. The van der Waals surface area contributed by atoms with Crippen molar-refractivity contribution in [3.8, 4) is 5.75 Å². The van der Waals surface area contributed by atoms with Crippen LogP contribution in [0.3, 0.4) is 0 Å². The maximum absolute atomic E-state index is 13.1. The molecular formula is C25H34N2O3. The Morgan fingerprint density at radius 1 is 1.03 bits per heavy atom. The summed E-state index contributed by atoms with van der Waals surface area (Å²) in [4.78, 5) is 27.5. The Kier molecular flexibility index (Phi) is 8.46. The summed E-state index contributed by atoms with van der Waals surface area (Å²) in [6.07, 6.45) is 0.833. The van der Waals surface area contributed by atoms with E-state index in [0.29, 0.717) is 12.3 Å². The normalized spacial score (nSPS) is 12.7. The number of aryl methyl sites for hydroxylation is 3. The number of nitrogens with one attached hydrogen (secondary N) is 1. The lowest BCUT2D eigenvalue weighted by Gasteiger charge is -2.30. The van der Waals surface area contributed by atoms with Crippen molar-refractivity contribution in [3.05, 3.63) is 64.7 Å². The number of nitrogens with zero attached hydrogens (tertiary/aromatic N) is 1. The van der Waals surface area contributed by atoms with Crippen molar-refractivity contribution in [1.29, 1.82) is 0 Å². The smallest absolute Gasteiger partial charge is 0.261 e. The highest BCUT2D eigenvalue weighted by molar-refractivity contribution is 5.88. The third kappa shape index (κ3) is 6.34. The molecule has 162 valence electrons. The minimum atomic E-state index is -0.603. The molecule has 0 aliphatic heterocycles. The van der Waals surface area contributed by atoms with Gasteiger partial charge in [-0.2, -0.15) is 0 Å². The minimum Gasteiger partial charge on any atom is -0.483 e. The zero-order chi connectivity index (χ0) is 22.3. The molecule has 2 amide bonds. The summed E-state index contributed by atoms with van der Waals surface area (Å²) >= 11 is 0. The van der Waals surface area contributed by atoms with Crippen LogP contribution in [-0.2, 0) is 16.1 Å². The van der Waals surface area contributed by atoms with Gasteiger partial charge in [0.15, 0.2) is 6.61 Å². The second kappa shape index (κ2) is 10.8. The molecular weight excluding hydrogens is 376 g/mol. The molecule has 0 fully saturated rings. The number of hydrogen-bond acceptors (Lipinski definition) is 3. The van der Waals surface area contributed by atoms with Gasteiger partial charge < -0.3 is 15.0 Å². The Bertz CT molecular complexity index is 878. The van der Waals surface area contributed by atoms with Crippen LogP contribution < -0.4 is 10.1 Å². The highest BCUT2D eigenvalue weighted by Crippen LogP contribution is 2.19. The summed E-state index contributed by atoms with van der Waals surface area (Å²) in [6, 6.07) is 13.2. The van der Waals surface area contributed by atoms with Gasteiger partial charge in [0, 0.05) is 12.6 Å². The van der Waals surface area contributed by atoms with Crippen molar-refractivity contribution in [2.45, 2.75) is 66.6 Å². The Labute approximate surface area is 180 Å². The Morgan fingerprint density at radius 2 is 1.73 bits per heavy atom. The van der Waals surface area contributed by atoms with Crippen molar-refractivity contribution in [3.63, 3.8) is 0 Å². The van der Waals surface area contributed by atoms with Gasteiger partial charge in [0.2, 0.25) is 5.91 Å². The predicted molar refractivity (Wildman–Crippen MR) is 120 cm³/mol. The third-order valence-corrected chi connectivity index (χ3v) is 5.45. The lowest BCUT2D eigenvalue weighted by molar-refractivity contribution is -0.142. The monoisotopic (exact) mass is 410 g/mol. The third-order valence-electron chi connectivity index (χ3n) is 5.45. The number of rotatable bonds is 9. The van der Waals surface area contributed by atoms with Gasteiger partial charge in [-0.3, -0.25) is 9.59 Å². The molecule has 2 atom stereocenters. The fraction of sp³-hybridized carbons (Fsp3) is 0.440. The molecule has 1 N–H and O–H groups in total. The molecule has 0 heterocycles. The summed E-state index contributed by atoms with van der Waals surface area (Å²) in [5.74, 6) is 0.310. The van der Waals surface area contributed by atoms with E-state index in [1.165, 1.54) is 0 Å². The maximum atomic E-state index is 13.1. The minimum absolute atomic E-state index is 0.0572. The summed E-state index contributed by atoms with van der Waals surface area (Å²) in [5.41, 5.74) is 4.22. The highest BCUT2D eigenvalue weighted by Gasteiger charge is 2.27. The Hall–Kier alpha value is -2.82. The summed E-state index contributed by atoms with van der Waals surface area (Å²) < 4.78 is 5.81. The van der Waals surface area contributed by atoms with Crippen molar-refractivity contribution < 1.29 is 14.3 Å². The molecule has 0 radical (unpaired) electrons. The number of carbonyl (C=O) groups excluding carboxylic acids is 2. The van der Waals surface area contributed by atoms with Gasteiger partial charge in [-0.1, -0.05) is 48.9 Å². The molecule has 0 bridgehead atoms. The number of hydrogen-bond donors (Lipinski definition) is 1. The zero-order valence-electron chi connectivity index (χ0n) is 19.0. The second-order valence-corrected chi connectivity index (χ2v) is 8.00. The van der Waals surface area contributed by atoms with Gasteiger partial charge in [0.05, 0.1) is 0 Å². The van der Waals surface area contributed by atoms with Gasteiger partial charge in [-0.05, 0) is 63.8 Å². The van der Waals surface area contributed by atoms with Crippen LogP contribution in [0.4, 0.5) is 0 Å². The van der Waals surface area contributed by atoms with E-state index in [1.807, 2.05) is 77.1 Å². The molecule has 5 nitrogen and oxygen atoms in total. The van der Waals surface area contributed by atoms with E-state index in [0.717, 1.165) is 28.7 Å². The molecule has 0 saturated carbocycles. The first-order valence-corrected chi connectivity index (χ1v) is 10.6. The Balaban J connectivity index is 2.19. The van der Waals surface area contributed by atoms with Crippen molar-refractivity contribution in [2.24, 2.45) is 0 Å². The number of carbonyl (C=O) groups is 2. The standard InChI is InChI=1S/C25H34N2O3/c1-7-20(5)26-25(29)21(6)27(15-22-11-9-8-10-18(22)3)24(28)16-30-23-13-12-17(2)14-19(23)4/h8-14,20-21H,7,15-16H2,1-6H3,(H,26,29)/t20-,21+/m0/s1. The molecule has 0 spiro atoms. The first kappa shape index (κ1) is 23.5. The lowest BCUT2D eigenvalue weighted by Crippen LogP contribution is -2.50. The molecule has 5 heteroatoms. The van der Waals surface area contributed by atoms with Gasteiger partial charge in [-0.25, -0.2) is 0 Å². The number of ether oxygens (including phenoxy) is 1. The quantitative estimate of drug-likeness (QED) is 0.670. The average Bonchev–Trinajstić information content (AvgIpc) is 2.71. The van der Waals surface area contributed by atoms with E-state index in [2.05, 4.69) is 5.32 Å². The zero-order valence-corrected chi connectivity index (χ0v) is 19.0. The van der Waals surface area contributed by atoms with Crippen LogP contribution in [0.5, 0.6) is 5.75 Å². The lowest BCUT2D eigenvalue weighted by atomic mass is 10.1. The fourth-order valence-corrected chi connectivity index (χ4v) is 3.20. The molecule has 0 aromatic heterocycles. The fourth-order valence-electron chi connectivity index (χ4n) is 3.20. The van der Waals surface area contributed by atoms with Gasteiger partial charge >= 0.3 is 0 Å². The van der Waals surface area contributed by atoms with Crippen LogP contribution >= 0.6 is 0 Å². The van der Waals surface area contributed by atoms with Crippen LogP contribution in [0, 0.1) is 20.8 Å². The van der Waals surface area contributed by atoms with Crippen molar-refractivity contribution in [1.82, 2.24) is 10.2 Å². The first-order valence-electron chi connectivity index (χ1n) is 10.6. The molecule has 2 aromatic rings. The van der Waals surface area contributed by atoms with Crippen molar-refractivity contribution >= 4 is 11.8 Å². The van der Waals surface area contributed by atoms with E-state index in [9.17, 15) is 9.59 Å². The summed E-state index contributed by atoms with van der Waals surface area (Å²) in [6.45, 7) is 12.0. The molecule has 0 unspecified atom stereocenters. The highest BCUT2D eigenvalue weighted by atomic mass is 16.5. The summed E-state index contributed by atoms with van der Waals surface area (Å²) in [7, 11) is 0. The molecule has 0 saturated heterocycles. The SMILES string of the molecule is CC[C@H](C)NC(=O)[C@@H](C)N(Cc1ccccc1C)C(=O)COc1ccc(C)cc1C. The Morgan fingerprint density at radius 3 is 2.37 bits per heavy atom. The van der Waals surface area contributed by atoms with Gasteiger partial charge in [0.1, 0.15) is 11.8 Å². The molecule has 30 heavy (non-hydrogen) atoms. The van der Waals surface area contributed by atoms with E-state index in [-0.39, 0.29) is 24.5 Å². The van der Waals surface area contributed by atoms with Gasteiger partial charge in [-0.15, -0.1) is 0 Å². The van der Waals surface area contributed by atoms with Crippen LogP contribution in [0.25, 0.3) is 0 Å². The van der Waals surface area contributed by atoms with E-state index < -0.39 is 6.04 Å². The van der Waals surface area contributed by atoms with E-state index in [4.69, 9.17) is 4.74 Å². The number of benzene rings is 2. The predicted octanol–water partition coefficient (Wildman–Crippen LogP) is 4.32. The van der Waals surface area contributed by atoms with Crippen LogP contribution in [-0.4, -0.2) is 35.4 Å². The molecule has 2 rings (SSSR count). The van der Waals surface area contributed by atoms with Crippen LogP contribution in [0.1, 0.15) is 49.4 Å². The van der Waals surface area contributed by atoms with Crippen LogP contribution in [0.2, 0.25) is 0 Å². The number of amides is 2. The topological polar surface area (TPSA) is 58.6 Å². The largest absolute Gasteiger partial charge is 0.483 e.